The number of guanidine groups is 1. The average Bonchev–Trinajstić information content (AvgIpc) is 2.61. The van der Waals surface area contributed by atoms with Crippen molar-refractivity contribution in [1.29, 1.82) is 0 Å². The third kappa shape index (κ3) is 6.36. The van der Waals surface area contributed by atoms with Gasteiger partial charge in [0.1, 0.15) is 5.82 Å². The predicted octanol–water partition coefficient (Wildman–Crippen LogP) is 3.31. The predicted molar refractivity (Wildman–Crippen MR) is 100 cm³/mol. The molecule has 1 unspecified atom stereocenters. The van der Waals surface area contributed by atoms with Crippen molar-refractivity contribution < 1.29 is 9.50 Å². The summed E-state index contributed by atoms with van der Waals surface area (Å²) in [6.07, 6.45) is -0.00967. The van der Waals surface area contributed by atoms with Gasteiger partial charge in [0, 0.05) is 18.1 Å². The molecule has 2 aromatic rings. The van der Waals surface area contributed by atoms with Gasteiger partial charge in [0.25, 0.3) is 0 Å². The lowest BCUT2D eigenvalue weighted by Crippen LogP contribution is -2.38. The smallest absolute Gasteiger partial charge is 0.191 e. The molecule has 6 heteroatoms. The zero-order chi connectivity index (χ0) is 18.1. The third-order valence-electron chi connectivity index (χ3n) is 3.67. The first-order valence-electron chi connectivity index (χ1n) is 8.29. The molecule has 0 aliphatic heterocycles. The van der Waals surface area contributed by atoms with E-state index in [1.54, 1.807) is 12.1 Å². The second-order valence-electron chi connectivity index (χ2n) is 5.56. The van der Waals surface area contributed by atoms with Crippen LogP contribution in [0.2, 0.25) is 5.02 Å². The van der Waals surface area contributed by atoms with E-state index in [2.05, 4.69) is 15.6 Å². The van der Waals surface area contributed by atoms with Crippen LogP contribution in [0.3, 0.4) is 0 Å². The summed E-state index contributed by atoms with van der Waals surface area (Å²) in [4.78, 5) is 4.38. The van der Waals surface area contributed by atoms with Crippen molar-refractivity contribution >= 4 is 17.6 Å². The molecule has 0 aliphatic rings. The lowest BCUT2D eigenvalue weighted by Gasteiger charge is -2.13. The zero-order valence-corrected chi connectivity index (χ0v) is 14.9. The maximum atomic E-state index is 12.9. The topological polar surface area (TPSA) is 56.7 Å². The van der Waals surface area contributed by atoms with Crippen LogP contribution in [-0.4, -0.2) is 30.7 Å². The molecule has 134 valence electrons. The molecule has 2 aromatic carbocycles. The summed E-state index contributed by atoms with van der Waals surface area (Å²) >= 11 is 6.15. The molecule has 25 heavy (non-hydrogen) atoms. The van der Waals surface area contributed by atoms with Gasteiger partial charge in [-0.1, -0.05) is 41.9 Å². The highest BCUT2D eigenvalue weighted by atomic mass is 35.5. The van der Waals surface area contributed by atoms with Crippen LogP contribution in [0, 0.1) is 5.82 Å². The van der Waals surface area contributed by atoms with Crippen LogP contribution in [0.4, 0.5) is 4.39 Å². The molecule has 1 atom stereocenters. The van der Waals surface area contributed by atoms with Crippen molar-refractivity contribution in [2.45, 2.75) is 19.4 Å². The monoisotopic (exact) mass is 363 g/mol. The second-order valence-corrected chi connectivity index (χ2v) is 5.96. The first-order chi connectivity index (χ1) is 12.1. The van der Waals surface area contributed by atoms with Crippen molar-refractivity contribution in [2.75, 3.05) is 19.6 Å². The molecule has 4 nitrogen and oxygen atoms in total. The van der Waals surface area contributed by atoms with Gasteiger partial charge in [-0.15, -0.1) is 0 Å². The maximum Gasteiger partial charge on any atom is 0.191 e. The first-order valence-corrected chi connectivity index (χ1v) is 8.67. The van der Waals surface area contributed by atoms with Crippen molar-refractivity contribution in [2.24, 2.45) is 4.99 Å². The number of hydrogen-bond donors (Lipinski definition) is 3. The minimum Gasteiger partial charge on any atom is -0.386 e. The van der Waals surface area contributed by atoms with Crippen molar-refractivity contribution in [3.63, 3.8) is 0 Å². The lowest BCUT2D eigenvalue weighted by molar-refractivity contribution is 0.187. The van der Waals surface area contributed by atoms with E-state index in [0.717, 1.165) is 17.0 Å². The van der Waals surface area contributed by atoms with E-state index in [1.807, 2.05) is 31.2 Å². The number of aliphatic hydroxyl groups is 1. The summed E-state index contributed by atoms with van der Waals surface area (Å²) in [7, 11) is 0. The Morgan fingerprint density at radius 3 is 2.56 bits per heavy atom. The number of nitrogens with zero attached hydrogens (tertiary/aromatic N) is 1. The molecule has 0 aromatic heterocycles. The van der Waals surface area contributed by atoms with Gasteiger partial charge in [-0.25, -0.2) is 4.39 Å². The Hall–Kier alpha value is -2.11. The van der Waals surface area contributed by atoms with Crippen LogP contribution in [0.5, 0.6) is 0 Å². The van der Waals surface area contributed by atoms with Crippen LogP contribution in [0.1, 0.15) is 24.2 Å². The number of rotatable bonds is 7. The Morgan fingerprint density at radius 2 is 1.88 bits per heavy atom. The number of halogens is 2. The highest BCUT2D eigenvalue weighted by Crippen LogP contribution is 2.15. The van der Waals surface area contributed by atoms with Crippen molar-refractivity contribution in [1.82, 2.24) is 10.6 Å². The molecular formula is C19H23ClFN3O. The largest absolute Gasteiger partial charge is 0.386 e. The molecule has 0 spiro atoms. The fraction of sp³-hybridized carbons (Fsp3) is 0.316. The van der Waals surface area contributed by atoms with Gasteiger partial charge < -0.3 is 15.7 Å². The Balaban J connectivity index is 1.89. The number of aliphatic hydroxyl groups excluding tert-OH is 1. The Labute approximate surface area is 152 Å². The summed E-state index contributed by atoms with van der Waals surface area (Å²) < 4.78 is 12.9. The summed E-state index contributed by atoms with van der Waals surface area (Å²) in [6, 6.07) is 13.5. The second kappa shape index (κ2) is 10.0. The molecular weight excluding hydrogens is 341 g/mol. The fourth-order valence-corrected chi connectivity index (χ4v) is 2.56. The molecule has 0 amide bonds. The molecule has 0 saturated carbocycles. The first kappa shape index (κ1) is 19.2. The van der Waals surface area contributed by atoms with Gasteiger partial charge in [0.2, 0.25) is 0 Å². The molecule has 0 saturated heterocycles. The molecule has 3 N–H and O–H groups in total. The van der Waals surface area contributed by atoms with Gasteiger partial charge in [0.05, 0.1) is 12.6 Å². The quantitative estimate of drug-likeness (QED) is 0.522. The van der Waals surface area contributed by atoms with Crippen LogP contribution in [0.25, 0.3) is 0 Å². The average molecular weight is 364 g/mol. The number of aliphatic imine (C=N–C) groups is 1. The summed E-state index contributed by atoms with van der Waals surface area (Å²) in [5.41, 5.74) is 1.70. The Morgan fingerprint density at radius 1 is 1.16 bits per heavy atom. The van der Waals surface area contributed by atoms with E-state index in [9.17, 15) is 9.50 Å². The van der Waals surface area contributed by atoms with Crippen LogP contribution < -0.4 is 10.6 Å². The van der Waals surface area contributed by atoms with E-state index in [0.29, 0.717) is 24.6 Å². The third-order valence-corrected chi connectivity index (χ3v) is 4.03. The SMILES string of the molecule is CCNC(=NCC(O)c1ccc(F)cc1)NCCc1ccccc1Cl. The highest BCUT2D eigenvalue weighted by Gasteiger charge is 2.08. The Bertz CT molecular complexity index is 691. The van der Waals surface area contributed by atoms with Gasteiger partial charge in [-0.2, -0.15) is 0 Å². The number of nitrogens with one attached hydrogen (secondary N) is 2. The molecule has 0 heterocycles. The zero-order valence-electron chi connectivity index (χ0n) is 14.2. The van der Waals surface area contributed by atoms with Gasteiger partial charge >= 0.3 is 0 Å². The van der Waals surface area contributed by atoms with Crippen molar-refractivity contribution in [3.8, 4) is 0 Å². The van der Waals surface area contributed by atoms with E-state index < -0.39 is 6.10 Å². The standard InChI is InChI=1S/C19H23ClFN3O/c1-2-22-19(23-12-11-14-5-3-4-6-17(14)20)24-13-18(25)15-7-9-16(21)10-8-15/h3-10,18,25H,2,11-13H2,1H3,(H2,22,23,24). The maximum absolute atomic E-state index is 12.9. The number of benzene rings is 2. The fourth-order valence-electron chi connectivity index (χ4n) is 2.33. The molecule has 0 aliphatic carbocycles. The normalized spacial score (nSPS) is 12.7. The summed E-state index contributed by atoms with van der Waals surface area (Å²) in [5, 5.41) is 17.3. The summed E-state index contributed by atoms with van der Waals surface area (Å²) in [6.45, 7) is 3.54. The van der Waals surface area contributed by atoms with Gasteiger partial charge in [-0.3, -0.25) is 4.99 Å². The molecule has 0 bridgehead atoms. The van der Waals surface area contributed by atoms with Gasteiger partial charge in [0.15, 0.2) is 5.96 Å². The van der Waals surface area contributed by atoms with Crippen LogP contribution in [0.15, 0.2) is 53.5 Å². The van der Waals surface area contributed by atoms with Gasteiger partial charge in [-0.05, 0) is 42.7 Å². The molecule has 0 radical (unpaired) electrons. The van der Waals surface area contributed by atoms with Crippen molar-refractivity contribution in [3.05, 3.63) is 70.5 Å². The van der Waals surface area contributed by atoms with Crippen LogP contribution >= 0.6 is 11.6 Å². The Kier molecular flexibility index (Phi) is 7.70. The molecule has 0 fully saturated rings. The lowest BCUT2D eigenvalue weighted by atomic mass is 10.1. The van der Waals surface area contributed by atoms with Crippen LogP contribution in [-0.2, 0) is 6.42 Å². The van der Waals surface area contributed by atoms with E-state index in [4.69, 9.17) is 11.6 Å². The molecule has 2 rings (SSSR count). The number of hydrogen-bond acceptors (Lipinski definition) is 2. The van der Waals surface area contributed by atoms with E-state index >= 15 is 0 Å². The van der Waals surface area contributed by atoms with E-state index in [1.165, 1.54) is 12.1 Å². The minimum absolute atomic E-state index is 0.188. The highest BCUT2D eigenvalue weighted by molar-refractivity contribution is 6.31. The summed E-state index contributed by atoms with van der Waals surface area (Å²) in [5.74, 6) is 0.296. The minimum atomic E-state index is -0.778. The van der Waals surface area contributed by atoms with E-state index in [-0.39, 0.29) is 12.4 Å².